The molecule has 0 radical (unpaired) electrons. The van der Waals surface area contributed by atoms with E-state index in [9.17, 15) is 17.6 Å². The van der Waals surface area contributed by atoms with Crippen LogP contribution in [0.2, 0.25) is 0 Å². The van der Waals surface area contributed by atoms with E-state index in [4.69, 9.17) is 9.47 Å². The topological polar surface area (TPSA) is 76.2 Å². The summed E-state index contributed by atoms with van der Waals surface area (Å²) in [5, 5.41) is 0. The van der Waals surface area contributed by atoms with Crippen molar-refractivity contribution >= 4 is 15.9 Å². The summed E-state index contributed by atoms with van der Waals surface area (Å²) in [4.78, 5) is 14.5. The maximum absolute atomic E-state index is 13.2. The van der Waals surface area contributed by atoms with Gasteiger partial charge in [-0.15, -0.1) is 0 Å². The van der Waals surface area contributed by atoms with Gasteiger partial charge in [0.05, 0.1) is 11.4 Å². The molecule has 7 nitrogen and oxygen atoms in total. The number of carbonyl (C=O) groups is 1. The second-order valence-electron chi connectivity index (χ2n) is 7.44. The maximum atomic E-state index is 13.2. The first-order chi connectivity index (χ1) is 14.4. The molecule has 0 bridgehead atoms. The minimum absolute atomic E-state index is 0.0214. The summed E-state index contributed by atoms with van der Waals surface area (Å²) >= 11 is 0. The fourth-order valence-corrected chi connectivity index (χ4v) is 5.47. The molecule has 30 heavy (non-hydrogen) atoms. The molecule has 0 spiro atoms. The standard InChI is InChI=1S/C21H23FN2O5S/c1-23(13-16-14-28-19-6-2-3-7-20(19)29-16)21(25)18-5-4-12-24(18)30(26,27)17-10-8-15(22)9-11-17/h2-3,6-11,16,18H,4-5,12-14H2,1H3. The van der Waals surface area contributed by atoms with Gasteiger partial charge in [0.2, 0.25) is 15.9 Å². The first-order valence-corrected chi connectivity index (χ1v) is 11.2. The highest BCUT2D eigenvalue weighted by atomic mass is 32.2. The summed E-state index contributed by atoms with van der Waals surface area (Å²) in [6, 6.07) is 11.2. The van der Waals surface area contributed by atoms with E-state index in [1.165, 1.54) is 21.3 Å². The lowest BCUT2D eigenvalue weighted by Gasteiger charge is -2.32. The van der Waals surface area contributed by atoms with Crippen LogP contribution in [0.15, 0.2) is 53.4 Å². The number of hydrogen-bond donors (Lipinski definition) is 0. The Balaban J connectivity index is 1.45. The van der Waals surface area contributed by atoms with Crippen LogP contribution in [0.3, 0.4) is 0 Å². The first kappa shape index (κ1) is 20.6. The fourth-order valence-electron chi connectivity index (χ4n) is 3.82. The van der Waals surface area contributed by atoms with Gasteiger partial charge in [0, 0.05) is 13.6 Å². The number of sulfonamides is 1. The van der Waals surface area contributed by atoms with Crippen molar-refractivity contribution in [1.29, 1.82) is 0 Å². The summed E-state index contributed by atoms with van der Waals surface area (Å²) in [6.45, 7) is 0.825. The lowest BCUT2D eigenvalue weighted by Crippen LogP contribution is -2.49. The molecule has 0 aliphatic carbocycles. The highest BCUT2D eigenvalue weighted by Crippen LogP contribution is 2.31. The zero-order valence-electron chi connectivity index (χ0n) is 16.5. The minimum atomic E-state index is -3.89. The van der Waals surface area contributed by atoms with Gasteiger partial charge in [-0.1, -0.05) is 12.1 Å². The number of benzene rings is 2. The third-order valence-electron chi connectivity index (χ3n) is 5.33. The largest absolute Gasteiger partial charge is 0.486 e. The van der Waals surface area contributed by atoms with E-state index in [1.807, 2.05) is 18.2 Å². The van der Waals surface area contributed by atoms with Gasteiger partial charge in [0.15, 0.2) is 17.6 Å². The summed E-state index contributed by atoms with van der Waals surface area (Å²) in [5.41, 5.74) is 0. The van der Waals surface area contributed by atoms with E-state index in [-0.39, 0.29) is 30.0 Å². The Kier molecular flexibility index (Phi) is 5.66. The van der Waals surface area contributed by atoms with Gasteiger partial charge in [-0.2, -0.15) is 4.31 Å². The highest BCUT2D eigenvalue weighted by molar-refractivity contribution is 7.89. The van der Waals surface area contributed by atoms with Crippen LogP contribution >= 0.6 is 0 Å². The van der Waals surface area contributed by atoms with Crippen LogP contribution in [0.5, 0.6) is 11.5 Å². The number of nitrogens with zero attached hydrogens (tertiary/aromatic N) is 2. The Morgan fingerprint density at radius 2 is 1.87 bits per heavy atom. The first-order valence-electron chi connectivity index (χ1n) is 9.77. The SMILES string of the molecule is CN(CC1COc2ccccc2O1)C(=O)C1CCCN1S(=O)(=O)c1ccc(F)cc1. The Hall–Kier alpha value is -2.65. The Morgan fingerprint density at radius 3 is 2.60 bits per heavy atom. The Morgan fingerprint density at radius 1 is 1.17 bits per heavy atom. The molecule has 1 amide bonds. The van der Waals surface area contributed by atoms with Crippen LogP contribution < -0.4 is 9.47 Å². The molecule has 2 unspecified atom stereocenters. The number of carbonyl (C=O) groups excluding carboxylic acids is 1. The van der Waals surface area contributed by atoms with Gasteiger partial charge >= 0.3 is 0 Å². The molecule has 0 aromatic heterocycles. The molecule has 4 rings (SSSR count). The predicted molar refractivity (Wildman–Crippen MR) is 107 cm³/mol. The van der Waals surface area contributed by atoms with Gasteiger partial charge < -0.3 is 14.4 Å². The maximum Gasteiger partial charge on any atom is 0.243 e. The van der Waals surface area contributed by atoms with Crippen molar-refractivity contribution in [1.82, 2.24) is 9.21 Å². The molecule has 1 saturated heterocycles. The van der Waals surface area contributed by atoms with Crippen LogP contribution in [0.1, 0.15) is 12.8 Å². The quantitative estimate of drug-likeness (QED) is 0.722. The molecule has 160 valence electrons. The zero-order valence-corrected chi connectivity index (χ0v) is 17.3. The van der Waals surface area contributed by atoms with Crippen LogP contribution in [0, 0.1) is 5.82 Å². The van der Waals surface area contributed by atoms with E-state index < -0.39 is 21.9 Å². The van der Waals surface area contributed by atoms with Gasteiger partial charge in [-0.3, -0.25) is 4.79 Å². The van der Waals surface area contributed by atoms with Gasteiger partial charge in [0.1, 0.15) is 18.5 Å². The number of likely N-dealkylation sites (N-methyl/N-ethyl adjacent to an activating group) is 1. The molecular weight excluding hydrogens is 411 g/mol. The second-order valence-corrected chi connectivity index (χ2v) is 9.33. The molecule has 0 saturated carbocycles. The number of hydrogen-bond acceptors (Lipinski definition) is 5. The third-order valence-corrected chi connectivity index (χ3v) is 7.25. The average Bonchev–Trinajstić information content (AvgIpc) is 3.24. The third kappa shape index (κ3) is 3.99. The van der Waals surface area contributed by atoms with Crippen molar-refractivity contribution in [2.24, 2.45) is 0 Å². The zero-order chi connectivity index (χ0) is 21.3. The highest BCUT2D eigenvalue weighted by Gasteiger charge is 2.41. The summed E-state index contributed by atoms with van der Waals surface area (Å²) in [7, 11) is -2.26. The van der Waals surface area contributed by atoms with Crippen molar-refractivity contribution in [3.05, 3.63) is 54.3 Å². The molecule has 2 aromatic carbocycles. The fraction of sp³-hybridized carbons (Fsp3) is 0.381. The van der Waals surface area contributed by atoms with E-state index >= 15 is 0 Å². The number of rotatable bonds is 5. The van der Waals surface area contributed by atoms with Crippen molar-refractivity contribution in [2.75, 3.05) is 26.7 Å². The van der Waals surface area contributed by atoms with Crippen LogP contribution in [-0.2, 0) is 14.8 Å². The monoisotopic (exact) mass is 434 g/mol. The van der Waals surface area contributed by atoms with E-state index in [2.05, 4.69) is 0 Å². The van der Waals surface area contributed by atoms with Crippen molar-refractivity contribution < 1.29 is 27.1 Å². The molecule has 1 fully saturated rings. The Labute approximate surface area is 175 Å². The van der Waals surface area contributed by atoms with Gasteiger partial charge in [-0.05, 0) is 49.2 Å². The number of halogens is 1. The lowest BCUT2D eigenvalue weighted by atomic mass is 10.2. The number of ether oxygens (including phenoxy) is 2. The van der Waals surface area contributed by atoms with Crippen LogP contribution in [-0.4, -0.2) is 62.4 Å². The molecule has 0 N–H and O–H groups in total. The van der Waals surface area contributed by atoms with Crippen LogP contribution in [0.4, 0.5) is 4.39 Å². The average molecular weight is 434 g/mol. The summed E-state index contributed by atoms with van der Waals surface area (Å²) in [6.07, 6.45) is 0.674. The summed E-state index contributed by atoms with van der Waals surface area (Å²) in [5.74, 6) is 0.478. The number of fused-ring (bicyclic) bond motifs is 1. The van der Waals surface area contributed by atoms with E-state index in [1.54, 1.807) is 13.1 Å². The molecule has 2 heterocycles. The van der Waals surface area contributed by atoms with Gasteiger partial charge in [0.25, 0.3) is 0 Å². The lowest BCUT2D eigenvalue weighted by molar-refractivity contribution is -0.134. The van der Waals surface area contributed by atoms with Crippen molar-refractivity contribution in [3.63, 3.8) is 0 Å². The van der Waals surface area contributed by atoms with E-state index in [0.29, 0.717) is 30.9 Å². The molecule has 9 heteroatoms. The summed E-state index contributed by atoms with van der Waals surface area (Å²) < 4.78 is 52.0. The molecular formula is C21H23FN2O5S. The van der Waals surface area contributed by atoms with Crippen molar-refractivity contribution in [2.45, 2.75) is 29.9 Å². The molecule has 2 atom stereocenters. The number of amides is 1. The molecule has 2 aliphatic heterocycles. The molecule has 2 aromatic rings. The van der Waals surface area contributed by atoms with Crippen LogP contribution in [0.25, 0.3) is 0 Å². The normalized spacial score (nSPS) is 21.4. The minimum Gasteiger partial charge on any atom is -0.486 e. The van der Waals surface area contributed by atoms with E-state index in [0.717, 1.165) is 12.1 Å². The second kappa shape index (κ2) is 8.23. The smallest absolute Gasteiger partial charge is 0.243 e. The van der Waals surface area contributed by atoms with Crippen molar-refractivity contribution in [3.8, 4) is 11.5 Å². The Bertz CT molecular complexity index is 1030. The number of para-hydroxylation sites is 2. The predicted octanol–water partition coefficient (Wildman–Crippen LogP) is 2.28. The van der Waals surface area contributed by atoms with Gasteiger partial charge in [-0.25, -0.2) is 12.8 Å². The molecule has 2 aliphatic rings.